The standard InChI is InChI=1S/C40H34N2/c1-31-11-9-17-39(29-31)41(28-27-33-13-5-3-6-14-33)36-23-19-34(20-24-36)35-21-25-38(26-22-35)42(37-15-7-4-8-16-37)40-18-10-12-32(2)30-40/h3-30H,1-2H3. The van der Waals surface area contributed by atoms with Gasteiger partial charge < -0.3 is 9.80 Å². The average molecular weight is 543 g/mol. The maximum Gasteiger partial charge on any atom is 0.0464 e. The molecule has 0 radical (unpaired) electrons. The molecule has 6 aromatic rings. The molecule has 42 heavy (non-hydrogen) atoms. The molecule has 0 aliphatic carbocycles. The van der Waals surface area contributed by atoms with E-state index in [9.17, 15) is 0 Å². The van der Waals surface area contributed by atoms with Crippen LogP contribution in [0.1, 0.15) is 16.7 Å². The molecule has 204 valence electrons. The second-order valence-corrected chi connectivity index (χ2v) is 10.5. The highest BCUT2D eigenvalue weighted by molar-refractivity contribution is 5.79. The van der Waals surface area contributed by atoms with Gasteiger partial charge in [0.1, 0.15) is 0 Å². The maximum atomic E-state index is 2.30. The molecule has 0 atom stereocenters. The number of rotatable bonds is 8. The normalized spacial score (nSPS) is 11.0. The fourth-order valence-corrected chi connectivity index (χ4v) is 5.23. The van der Waals surface area contributed by atoms with Gasteiger partial charge in [-0.2, -0.15) is 0 Å². The number of hydrogen-bond acceptors (Lipinski definition) is 2. The van der Waals surface area contributed by atoms with Crippen LogP contribution >= 0.6 is 0 Å². The Morgan fingerprint density at radius 2 is 0.881 bits per heavy atom. The highest BCUT2D eigenvalue weighted by Crippen LogP contribution is 2.36. The quantitative estimate of drug-likeness (QED) is 0.189. The third-order valence-corrected chi connectivity index (χ3v) is 7.37. The van der Waals surface area contributed by atoms with Crippen LogP contribution in [-0.4, -0.2) is 0 Å². The third-order valence-electron chi connectivity index (χ3n) is 7.37. The van der Waals surface area contributed by atoms with Crippen LogP contribution in [0.3, 0.4) is 0 Å². The molecule has 6 aromatic carbocycles. The summed E-state index contributed by atoms with van der Waals surface area (Å²) >= 11 is 0. The van der Waals surface area contributed by atoms with Crippen LogP contribution < -0.4 is 9.80 Å². The molecule has 0 spiro atoms. The molecule has 0 heterocycles. The second kappa shape index (κ2) is 12.4. The smallest absolute Gasteiger partial charge is 0.0464 e. The SMILES string of the molecule is Cc1cccc(N(C=Cc2ccccc2)c2ccc(-c3ccc(N(c4ccccc4)c4cccc(C)c4)cc3)cc2)c1. The first-order valence-electron chi connectivity index (χ1n) is 14.4. The summed E-state index contributed by atoms with van der Waals surface area (Å²) in [5.74, 6) is 0. The van der Waals surface area contributed by atoms with Crippen molar-refractivity contribution in [3.63, 3.8) is 0 Å². The van der Waals surface area contributed by atoms with Crippen LogP contribution in [0, 0.1) is 13.8 Å². The summed E-state index contributed by atoms with van der Waals surface area (Å²) in [7, 11) is 0. The van der Waals surface area contributed by atoms with Gasteiger partial charge in [0.25, 0.3) is 0 Å². The van der Waals surface area contributed by atoms with Gasteiger partial charge in [0.2, 0.25) is 0 Å². The molecule has 0 aliphatic heterocycles. The molecular weight excluding hydrogens is 508 g/mol. The lowest BCUT2D eigenvalue weighted by Crippen LogP contribution is -2.09. The van der Waals surface area contributed by atoms with E-state index in [1.807, 2.05) is 6.07 Å². The van der Waals surface area contributed by atoms with Crippen LogP contribution in [0.15, 0.2) is 164 Å². The van der Waals surface area contributed by atoms with Crippen molar-refractivity contribution in [1.29, 1.82) is 0 Å². The lowest BCUT2D eigenvalue weighted by Gasteiger charge is -2.26. The number of hydrogen-bond donors (Lipinski definition) is 0. The number of nitrogens with zero attached hydrogens (tertiary/aromatic N) is 2. The van der Waals surface area contributed by atoms with E-state index in [1.54, 1.807) is 0 Å². The summed E-state index contributed by atoms with van der Waals surface area (Å²) in [6, 6.07) is 55.9. The lowest BCUT2D eigenvalue weighted by atomic mass is 10.0. The second-order valence-electron chi connectivity index (χ2n) is 10.5. The molecule has 0 bridgehead atoms. The Labute approximate surface area is 249 Å². The fraction of sp³-hybridized carbons (Fsp3) is 0.0500. The molecule has 0 unspecified atom stereocenters. The zero-order chi connectivity index (χ0) is 28.7. The van der Waals surface area contributed by atoms with E-state index >= 15 is 0 Å². The van der Waals surface area contributed by atoms with E-state index in [0.29, 0.717) is 0 Å². The van der Waals surface area contributed by atoms with Crippen molar-refractivity contribution >= 4 is 34.5 Å². The average Bonchev–Trinajstić information content (AvgIpc) is 3.03. The van der Waals surface area contributed by atoms with Gasteiger partial charge in [-0.25, -0.2) is 0 Å². The first-order valence-corrected chi connectivity index (χ1v) is 14.4. The molecule has 0 saturated carbocycles. The van der Waals surface area contributed by atoms with Gasteiger partial charge in [0.15, 0.2) is 0 Å². The van der Waals surface area contributed by atoms with Gasteiger partial charge in [-0.3, -0.25) is 0 Å². The van der Waals surface area contributed by atoms with Gasteiger partial charge in [0.05, 0.1) is 0 Å². The molecule has 0 fully saturated rings. The molecular formula is C40H34N2. The van der Waals surface area contributed by atoms with Crippen molar-refractivity contribution in [3.8, 4) is 11.1 Å². The van der Waals surface area contributed by atoms with Crippen molar-refractivity contribution in [2.75, 3.05) is 9.80 Å². The van der Waals surface area contributed by atoms with Crippen molar-refractivity contribution < 1.29 is 0 Å². The van der Waals surface area contributed by atoms with Gasteiger partial charge in [0, 0.05) is 34.6 Å². The van der Waals surface area contributed by atoms with Crippen LogP contribution in [0.5, 0.6) is 0 Å². The highest BCUT2D eigenvalue weighted by Gasteiger charge is 2.13. The first kappa shape index (κ1) is 26.9. The highest BCUT2D eigenvalue weighted by atomic mass is 15.1. The molecule has 0 amide bonds. The number of benzene rings is 6. The summed E-state index contributed by atoms with van der Waals surface area (Å²) in [5.41, 5.74) is 11.7. The Morgan fingerprint density at radius 1 is 0.405 bits per heavy atom. The Balaban J connectivity index is 1.29. The molecule has 2 heteroatoms. The Bertz CT molecular complexity index is 1770. The molecule has 0 N–H and O–H groups in total. The topological polar surface area (TPSA) is 6.48 Å². The van der Waals surface area contributed by atoms with Crippen molar-refractivity contribution in [2.45, 2.75) is 13.8 Å². The lowest BCUT2D eigenvalue weighted by molar-refractivity contribution is 1.27. The monoisotopic (exact) mass is 542 g/mol. The van der Waals surface area contributed by atoms with E-state index in [0.717, 1.165) is 28.4 Å². The fourth-order valence-electron chi connectivity index (χ4n) is 5.23. The zero-order valence-corrected chi connectivity index (χ0v) is 24.1. The molecule has 0 aliphatic rings. The number of para-hydroxylation sites is 1. The minimum absolute atomic E-state index is 1.11. The van der Waals surface area contributed by atoms with Gasteiger partial charge >= 0.3 is 0 Å². The van der Waals surface area contributed by atoms with Gasteiger partial charge in [-0.15, -0.1) is 0 Å². The van der Waals surface area contributed by atoms with E-state index < -0.39 is 0 Å². The van der Waals surface area contributed by atoms with Gasteiger partial charge in [-0.05, 0) is 108 Å². The third kappa shape index (κ3) is 6.19. The Morgan fingerprint density at radius 3 is 1.48 bits per heavy atom. The minimum atomic E-state index is 1.11. The van der Waals surface area contributed by atoms with E-state index in [4.69, 9.17) is 0 Å². The largest absolute Gasteiger partial charge is 0.317 e. The number of anilines is 5. The van der Waals surface area contributed by atoms with E-state index in [2.05, 4.69) is 188 Å². The van der Waals surface area contributed by atoms with E-state index in [-0.39, 0.29) is 0 Å². The molecule has 0 saturated heterocycles. The zero-order valence-electron chi connectivity index (χ0n) is 24.1. The predicted octanol–water partition coefficient (Wildman–Crippen LogP) is 11.2. The van der Waals surface area contributed by atoms with E-state index in [1.165, 1.54) is 27.8 Å². The van der Waals surface area contributed by atoms with Crippen molar-refractivity contribution in [3.05, 3.63) is 181 Å². The Hall–Kier alpha value is -5.34. The minimum Gasteiger partial charge on any atom is -0.317 e. The van der Waals surface area contributed by atoms with Gasteiger partial charge in [-0.1, -0.05) is 97.1 Å². The van der Waals surface area contributed by atoms with Crippen molar-refractivity contribution in [2.24, 2.45) is 0 Å². The molecule has 0 aromatic heterocycles. The summed E-state index contributed by atoms with van der Waals surface area (Å²) in [5, 5.41) is 0. The summed E-state index contributed by atoms with van der Waals surface area (Å²) < 4.78 is 0. The summed E-state index contributed by atoms with van der Waals surface area (Å²) in [4.78, 5) is 4.55. The van der Waals surface area contributed by atoms with Crippen LogP contribution in [0.4, 0.5) is 28.4 Å². The first-order chi connectivity index (χ1) is 20.6. The summed E-state index contributed by atoms with van der Waals surface area (Å²) in [6.07, 6.45) is 4.30. The molecule has 2 nitrogen and oxygen atoms in total. The van der Waals surface area contributed by atoms with Crippen LogP contribution in [0.2, 0.25) is 0 Å². The summed E-state index contributed by atoms with van der Waals surface area (Å²) in [6.45, 7) is 4.27. The van der Waals surface area contributed by atoms with Crippen LogP contribution in [-0.2, 0) is 0 Å². The Kier molecular flexibility index (Phi) is 7.96. The van der Waals surface area contributed by atoms with Crippen LogP contribution in [0.25, 0.3) is 17.2 Å². The number of aryl methyl sites for hydroxylation is 2. The maximum absolute atomic E-state index is 2.30. The van der Waals surface area contributed by atoms with Crippen molar-refractivity contribution in [1.82, 2.24) is 0 Å². The molecule has 6 rings (SSSR count). The predicted molar refractivity (Wildman–Crippen MR) is 180 cm³/mol.